The quantitative estimate of drug-likeness (QED) is 0.749. The lowest BCUT2D eigenvalue weighted by molar-refractivity contribution is 0.259. The molecule has 2 N–H and O–H groups in total. The summed E-state index contributed by atoms with van der Waals surface area (Å²) in [7, 11) is 0. The second-order valence-corrected chi connectivity index (χ2v) is 5.41. The van der Waals surface area contributed by atoms with E-state index in [-0.39, 0.29) is 13.2 Å². The van der Waals surface area contributed by atoms with Crippen LogP contribution in [0.1, 0.15) is 47.8 Å². The molecule has 0 atom stereocenters. The van der Waals surface area contributed by atoms with Crippen molar-refractivity contribution in [3.8, 4) is 5.69 Å². The van der Waals surface area contributed by atoms with Gasteiger partial charge in [0.2, 0.25) is 0 Å². The van der Waals surface area contributed by atoms with Crippen molar-refractivity contribution in [2.45, 2.75) is 45.8 Å². The standard InChI is InChI=1S/C17H21NO2/c1-2-3-7-16-13(10-19)14(11-20)17-9-12-6-4-5-8-15(12)18(16)17/h4-6,8,19-20H,2-3,7,9-11H2,1H3. The van der Waals surface area contributed by atoms with E-state index < -0.39 is 0 Å². The first-order chi connectivity index (χ1) is 9.81. The third-order valence-electron chi connectivity index (χ3n) is 4.27. The van der Waals surface area contributed by atoms with E-state index in [1.54, 1.807) is 0 Å². The fourth-order valence-electron chi connectivity index (χ4n) is 3.30. The van der Waals surface area contributed by atoms with Crippen molar-refractivity contribution < 1.29 is 10.2 Å². The lowest BCUT2D eigenvalue weighted by Gasteiger charge is -2.10. The van der Waals surface area contributed by atoms with Crippen LogP contribution in [0, 0.1) is 0 Å². The molecule has 1 aliphatic heterocycles. The Morgan fingerprint density at radius 3 is 2.55 bits per heavy atom. The molecule has 3 rings (SSSR count). The molecule has 1 aliphatic rings. The van der Waals surface area contributed by atoms with Gasteiger partial charge in [0.1, 0.15) is 0 Å². The average Bonchev–Trinajstić information content (AvgIpc) is 2.98. The Kier molecular flexibility index (Phi) is 3.64. The summed E-state index contributed by atoms with van der Waals surface area (Å²) in [5.74, 6) is 0. The lowest BCUT2D eigenvalue weighted by atomic mass is 10.0. The van der Waals surface area contributed by atoms with Crippen molar-refractivity contribution in [3.05, 3.63) is 52.3 Å². The van der Waals surface area contributed by atoms with Crippen molar-refractivity contribution in [1.29, 1.82) is 0 Å². The van der Waals surface area contributed by atoms with Crippen molar-refractivity contribution >= 4 is 0 Å². The molecular weight excluding hydrogens is 250 g/mol. The zero-order valence-corrected chi connectivity index (χ0v) is 11.9. The van der Waals surface area contributed by atoms with Crippen LogP contribution in [-0.2, 0) is 26.1 Å². The molecule has 3 nitrogen and oxygen atoms in total. The van der Waals surface area contributed by atoms with E-state index in [4.69, 9.17) is 0 Å². The maximum absolute atomic E-state index is 9.71. The Bertz CT molecular complexity index is 628. The Hall–Kier alpha value is -1.58. The van der Waals surface area contributed by atoms with E-state index in [1.165, 1.54) is 16.9 Å². The van der Waals surface area contributed by atoms with Crippen LogP contribution >= 0.6 is 0 Å². The molecule has 0 fully saturated rings. The number of rotatable bonds is 5. The first-order valence-corrected chi connectivity index (χ1v) is 7.36. The molecule has 0 unspecified atom stereocenters. The van der Waals surface area contributed by atoms with E-state index in [2.05, 4.69) is 35.8 Å². The molecular formula is C17H21NO2. The van der Waals surface area contributed by atoms with Crippen LogP contribution in [0.5, 0.6) is 0 Å². The van der Waals surface area contributed by atoms with Crippen LogP contribution in [0.3, 0.4) is 0 Å². The molecule has 0 saturated carbocycles. The molecule has 0 spiro atoms. The average molecular weight is 271 g/mol. The number of fused-ring (bicyclic) bond motifs is 3. The zero-order valence-electron chi connectivity index (χ0n) is 11.9. The minimum atomic E-state index is 0.00530. The van der Waals surface area contributed by atoms with Gasteiger partial charge >= 0.3 is 0 Å². The minimum Gasteiger partial charge on any atom is -0.392 e. The molecule has 1 aromatic carbocycles. The summed E-state index contributed by atoms with van der Waals surface area (Å²) in [5, 5.41) is 19.4. The van der Waals surface area contributed by atoms with E-state index >= 15 is 0 Å². The summed E-state index contributed by atoms with van der Waals surface area (Å²) in [5.41, 5.74) is 6.71. The SMILES string of the molecule is CCCCc1c(CO)c(CO)c2n1-c1ccccc1C2. The summed E-state index contributed by atoms with van der Waals surface area (Å²) in [6, 6.07) is 8.38. The molecule has 2 aromatic rings. The normalized spacial score (nSPS) is 12.6. The van der Waals surface area contributed by atoms with Gasteiger partial charge in [0.05, 0.1) is 13.2 Å². The maximum Gasteiger partial charge on any atom is 0.0703 e. The van der Waals surface area contributed by atoms with Crippen LogP contribution in [0.15, 0.2) is 24.3 Å². The largest absolute Gasteiger partial charge is 0.392 e. The Labute approximate surface area is 119 Å². The van der Waals surface area contributed by atoms with Crippen LogP contribution in [0.25, 0.3) is 5.69 Å². The van der Waals surface area contributed by atoms with Gasteiger partial charge in [-0.15, -0.1) is 0 Å². The monoisotopic (exact) mass is 271 g/mol. The van der Waals surface area contributed by atoms with Gasteiger partial charge in [0, 0.05) is 34.6 Å². The molecule has 0 radical (unpaired) electrons. The number of aromatic nitrogens is 1. The van der Waals surface area contributed by atoms with E-state index in [0.29, 0.717) is 0 Å². The summed E-state index contributed by atoms with van der Waals surface area (Å²) in [4.78, 5) is 0. The van der Waals surface area contributed by atoms with Crippen molar-refractivity contribution in [3.63, 3.8) is 0 Å². The first-order valence-electron chi connectivity index (χ1n) is 7.36. The van der Waals surface area contributed by atoms with Gasteiger partial charge in [-0.3, -0.25) is 0 Å². The van der Waals surface area contributed by atoms with Gasteiger partial charge in [0.25, 0.3) is 0 Å². The number of unbranched alkanes of at least 4 members (excludes halogenated alkanes) is 1. The van der Waals surface area contributed by atoms with Gasteiger partial charge in [-0.25, -0.2) is 0 Å². The highest BCUT2D eigenvalue weighted by Crippen LogP contribution is 2.36. The summed E-state index contributed by atoms with van der Waals surface area (Å²) in [6.45, 7) is 2.19. The second-order valence-electron chi connectivity index (χ2n) is 5.41. The fourth-order valence-corrected chi connectivity index (χ4v) is 3.30. The van der Waals surface area contributed by atoms with Gasteiger partial charge in [-0.2, -0.15) is 0 Å². The molecule has 0 bridgehead atoms. The van der Waals surface area contributed by atoms with Crippen molar-refractivity contribution in [1.82, 2.24) is 4.57 Å². The number of nitrogens with zero attached hydrogens (tertiary/aromatic N) is 1. The van der Waals surface area contributed by atoms with Crippen molar-refractivity contribution in [2.75, 3.05) is 0 Å². The summed E-state index contributed by atoms with van der Waals surface area (Å²) in [6.07, 6.45) is 4.03. The smallest absolute Gasteiger partial charge is 0.0703 e. The highest BCUT2D eigenvalue weighted by atomic mass is 16.3. The predicted octanol–water partition coefficient (Wildman–Crippen LogP) is 2.71. The third kappa shape index (κ3) is 1.89. The number of aliphatic hydroxyl groups excluding tert-OH is 2. The zero-order chi connectivity index (χ0) is 14.1. The van der Waals surface area contributed by atoms with E-state index in [9.17, 15) is 10.2 Å². The molecule has 3 heteroatoms. The van der Waals surface area contributed by atoms with Gasteiger partial charge in [-0.1, -0.05) is 31.5 Å². The Balaban J connectivity index is 2.19. The minimum absolute atomic E-state index is 0.00530. The van der Waals surface area contributed by atoms with Gasteiger partial charge < -0.3 is 14.8 Å². The Morgan fingerprint density at radius 2 is 1.85 bits per heavy atom. The van der Waals surface area contributed by atoms with Gasteiger partial charge in [0.15, 0.2) is 0 Å². The molecule has 1 aromatic heterocycles. The topological polar surface area (TPSA) is 45.4 Å². The molecule has 106 valence electrons. The first kappa shape index (κ1) is 13.4. The van der Waals surface area contributed by atoms with Gasteiger partial charge in [-0.05, 0) is 24.5 Å². The summed E-state index contributed by atoms with van der Waals surface area (Å²) >= 11 is 0. The van der Waals surface area contributed by atoms with E-state index in [0.717, 1.165) is 42.5 Å². The number of para-hydroxylation sites is 1. The van der Waals surface area contributed by atoms with Crippen LogP contribution in [0.4, 0.5) is 0 Å². The fraction of sp³-hybridized carbons (Fsp3) is 0.412. The molecule has 0 amide bonds. The van der Waals surface area contributed by atoms with Crippen LogP contribution < -0.4 is 0 Å². The lowest BCUT2D eigenvalue weighted by Crippen LogP contribution is -2.02. The van der Waals surface area contributed by atoms with Crippen LogP contribution in [0.2, 0.25) is 0 Å². The number of hydrogen-bond acceptors (Lipinski definition) is 2. The molecule has 20 heavy (non-hydrogen) atoms. The predicted molar refractivity (Wildman–Crippen MR) is 79.0 cm³/mol. The highest BCUT2D eigenvalue weighted by molar-refractivity contribution is 5.57. The number of aliphatic hydroxyl groups is 2. The molecule has 0 saturated heterocycles. The number of benzene rings is 1. The molecule has 2 heterocycles. The third-order valence-corrected chi connectivity index (χ3v) is 4.27. The summed E-state index contributed by atoms with van der Waals surface area (Å²) < 4.78 is 2.27. The second kappa shape index (κ2) is 5.43. The number of hydrogen-bond donors (Lipinski definition) is 2. The Morgan fingerprint density at radius 1 is 1.10 bits per heavy atom. The molecule has 0 aliphatic carbocycles. The maximum atomic E-state index is 9.71. The van der Waals surface area contributed by atoms with E-state index in [1.807, 2.05) is 0 Å². The van der Waals surface area contributed by atoms with Crippen LogP contribution in [-0.4, -0.2) is 14.8 Å². The highest BCUT2D eigenvalue weighted by Gasteiger charge is 2.27. The van der Waals surface area contributed by atoms with Crippen molar-refractivity contribution in [2.24, 2.45) is 0 Å².